The summed E-state index contributed by atoms with van der Waals surface area (Å²) in [4.78, 5) is 14.7. The number of hydrogen-bond acceptors (Lipinski definition) is 5. The van der Waals surface area contributed by atoms with Crippen molar-refractivity contribution < 1.29 is 4.74 Å². The van der Waals surface area contributed by atoms with E-state index in [1.807, 2.05) is 6.07 Å². The van der Waals surface area contributed by atoms with Crippen molar-refractivity contribution >= 4 is 5.95 Å². The molecule has 0 saturated carbocycles. The molecule has 2 atom stereocenters. The zero-order valence-electron chi connectivity index (χ0n) is 15.4. The zero-order valence-corrected chi connectivity index (χ0v) is 15.4. The van der Waals surface area contributed by atoms with Gasteiger partial charge in [0.25, 0.3) is 0 Å². The molecule has 5 heteroatoms. The van der Waals surface area contributed by atoms with Crippen LogP contribution in [0.15, 0.2) is 30.5 Å². The standard InChI is InChI=1S/C21H26N4O/c1-26-20-7-3-2-6-15(20)14-25-16-8-9-19(25)17-13-22-21(23-18(17)12-16)24-10-4-5-11-24/h2-3,6-7,13,16,19H,4-5,8-12,14H2,1H3. The fourth-order valence-electron chi connectivity index (χ4n) is 4.91. The molecule has 0 aliphatic carbocycles. The van der Waals surface area contributed by atoms with Crippen molar-refractivity contribution in [1.82, 2.24) is 14.9 Å². The van der Waals surface area contributed by atoms with Crippen molar-refractivity contribution in [2.75, 3.05) is 25.1 Å². The van der Waals surface area contributed by atoms with Gasteiger partial charge in [-0.15, -0.1) is 0 Å². The molecule has 26 heavy (non-hydrogen) atoms. The largest absolute Gasteiger partial charge is 0.496 e. The number of nitrogens with zero attached hydrogens (tertiary/aromatic N) is 4. The molecule has 3 aliphatic heterocycles. The molecule has 5 rings (SSSR count). The maximum absolute atomic E-state index is 5.56. The van der Waals surface area contributed by atoms with E-state index >= 15 is 0 Å². The van der Waals surface area contributed by atoms with Crippen LogP contribution in [0.25, 0.3) is 0 Å². The molecule has 136 valence electrons. The van der Waals surface area contributed by atoms with Gasteiger partial charge >= 0.3 is 0 Å². The number of methoxy groups -OCH3 is 1. The number of rotatable bonds is 4. The van der Waals surface area contributed by atoms with E-state index in [2.05, 4.69) is 34.2 Å². The lowest BCUT2D eigenvalue weighted by Gasteiger charge is -2.36. The third-order valence-corrected chi connectivity index (χ3v) is 6.25. The molecule has 5 nitrogen and oxygen atoms in total. The van der Waals surface area contributed by atoms with E-state index in [-0.39, 0.29) is 0 Å². The van der Waals surface area contributed by atoms with E-state index in [1.54, 1.807) is 7.11 Å². The Bertz CT molecular complexity index is 802. The van der Waals surface area contributed by atoms with E-state index in [0.717, 1.165) is 37.8 Å². The maximum atomic E-state index is 5.56. The van der Waals surface area contributed by atoms with Gasteiger partial charge < -0.3 is 9.64 Å². The Morgan fingerprint density at radius 1 is 1.15 bits per heavy atom. The number of ether oxygens (including phenoxy) is 1. The Morgan fingerprint density at radius 2 is 2.00 bits per heavy atom. The zero-order chi connectivity index (χ0) is 17.5. The van der Waals surface area contributed by atoms with Crippen molar-refractivity contribution in [1.29, 1.82) is 0 Å². The molecule has 0 radical (unpaired) electrons. The average molecular weight is 350 g/mol. The van der Waals surface area contributed by atoms with Crippen LogP contribution in [-0.2, 0) is 13.0 Å². The third-order valence-electron chi connectivity index (χ3n) is 6.25. The monoisotopic (exact) mass is 350 g/mol. The van der Waals surface area contributed by atoms with Gasteiger partial charge in [-0.2, -0.15) is 0 Å². The van der Waals surface area contributed by atoms with Crippen LogP contribution in [0.4, 0.5) is 5.95 Å². The van der Waals surface area contributed by atoms with Crippen molar-refractivity contribution in [3.63, 3.8) is 0 Å². The molecule has 4 heterocycles. The minimum absolute atomic E-state index is 0.446. The lowest BCUT2D eigenvalue weighted by Crippen LogP contribution is -2.38. The maximum Gasteiger partial charge on any atom is 0.225 e. The van der Waals surface area contributed by atoms with E-state index in [0.29, 0.717) is 12.1 Å². The molecule has 1 aromatic heterocycles. The number of hydrogen-bond donors (Lipinski definition) is 0. The Morgan fingerprint density at radius 3 is 2.85 bits per heavy atom. The smallest absolute Gasteiger partial charge is 0.225 e. The second kappa shape index (κ2) is 6.54. The molecule has 0 spiro atoms. The van der Waals surface area contributed by atoms with Crippen LogP contribution < -0.4 is 9.64 Å². The van der Waals surface area contributed by atoms with E-state index in [1.165, 1.54) is 42.5 Å². The van der Waals surface area contributed by atoms with Gasteiger partial charge in [0.15, 0.2) is 0 Å². The molecule has 2 unspecified atom stereocenters. The van der Waals surface area contributed by atoms with Gasteiger partial charge in [0.1, 0.15) is 5.75 Å². The summed E-state index contributed by atoms with van der Waals surface area (Å²) in [6.07, 6.45) is 8.13. The first kappa shape index (κ1) is 16.1. The minimum atomic E-state index is 0.446. The summed E-state index contributed by atoms with van der Waals surface area (Å²) in [7, 11) is 1.76. The first-order chi connectivity index (χ1) is 12.8. The molecule has 3 aliphatic rings. The molecule has 0 N–H and O–H groups in total. The van der Waals surface area contributed by atoms with Gasteiger partial charge in [-0.25, -0.2) is 9.97 Å². The highest BCUT2D eigenvalue weighted by Gasteiger charge is 2.41. The van der Waals surface area contributed by atoms with Gasteiger partial charge in [0.2, 0.25) is 5.95 Å². The topological polar surface area (TPSA) is 41.5 Å². The van der Waals surface area contributed by atoms with E-state index in [4.69, 9.17) is 14.7 Å². The van der Waals surface area contributed by atoms with Gasteiger partial charge in [0, 0.05) is 55.5 Å². The van der Waals surface area contributed by atoms with Crippen LogP contribution >= 0.6 is 0 Å². The molecule has 0 amide bonds. The predicted octanol–water partition coefficient (Wildman–Crippen LogP) is 3.35. The number of anilines is 1. The number of benzene rings is 1. The number of fused-ring (bicyclic) bond motifs is 4. The molecule has 2 fully saturated rings. The van der Waals surface area contributed by atoms with Crippen LogP contribution in [0.2, 0.25) is 0 Å². The fourth-order valence-corrected chi connectivity index (χ4v) is 4.91. The van der Waals surface area contributed by atoms with Gasteiger partial charge in [0.05, 0.1) is 12.8 Å². The number of aromatic nitrogens is 2. The van der Waals surface area contributed by atoms with Gasteiger partial charge in [-0.1, -0.05) is 18.2 Å². The van der Waals surface area contributed by atoms with Crippen molar-refractivity contribution in [2.24, 2.45) is 0 Å². The minimum Gasteiger partial charge on any atom is -0.496 e. The second-order valence-corrected chi connectivity index (χ2v) is 7.70. The summed E-state index contributed by atoms with van der Waals surface area (Å²) < 4.78 is 5.56. The molecule has 2 bridgehead atoms. The van der Waals surface area contributed by atoms with Crippen LogP contribution in [0, 0.1) is 0 Å². The summed E-state index contributed by atoms with van der Waals surface area (Å²) in [5.41, 5.74) is 3.90. The summed E-state index contributed by atoms with van der Waals surface area (Å²) in [5, 5.41) is 0. The quantitative estimate of drug-likeness (QED) is 0.846. The van der Waals surface area contributed by atoms with Crippen molar-refractivity contribution in [3.05, 3.63) is 47.3 Å². The number of para-hydroxylation sites is 1. The predicted molar refractivity (Wildman–Crippen MR) is 101 cm³/mol. The molecule has 1 aromatic carbocycles. The van der Waals surface area contributed by atoms with Crippen LogP contribution in [-0.4, -0.2) is 41.1 Å². The van der Waals surface area contributed by atoms with Crippen LogP contribution in [0.3, 0.4) is 0 Å². The van der Waals surface area contributed by atoms with Crippen molar-refractivity contribution in [3.8, 4) is 5.75 Å². The highest BCUT2D eigenvalue weighted by atomic mass is 16.5. The van der Waals surface area contributed by atoms with E-state index in [9.17, 15) is 0 Å². The fraction of sp³-hybridized carbons (Fsp3) is 0.524. The molecular formula is C21H26N4O. The molecule has 2 saturated heterocycles. The molecular weight excluding hydrogens is 324 g/mol. The summed E-state index contributed by atoms with van der Waals surface area (Å²) in [5.74, 6) is 1.93. The Kier molecular flexibility index (Phi) is 4.04. The second-order valence-electron chi connectivity index (χ2n) is 7.70. The normalized spacial score (nSPS) is 24.7. The first-order valence-electron chi connectivity index (χ1n) is 9.82. The summed E-state index contributed by atoms with van der Waals surface area (Å²) in [6.45, 7) is 3.14. The lowest BCUT2D eigenvalue weighted by atomic mass is 9.98. The average Bonchev–Trinajstić information content (AvgIpc) is 3.30. The Labute approximate surface area is 155 Å². The van der Waals surface area contributed by atoms with Gasteiger partial charge in [-0.3, -0.25) is 4.90 Å². The first-order valence-corrected chi connectivity index (χ1v) is 9.82. The van der Waals surface area contributed by atoms with Crippen LogP contribution in [0.1, 0.15) is 48.5 Å². The third kappa shape index (κ3) is 2.65. The Hall–Kier alpha value is -2.14. The lowest BCUT2D eigenvalue weighted by molar-refractivity contribution is 0.164. The van der Waals surface area contributed by atoms with E-state index < -0.39 is 0 Å². The summed E-state index contributed by atoms with van der Waals surface area (Å²) in [6, 6.07) is 9.40. The molecule has 2 aromatic rings. The van der Waals surface area contributed by atoms with Gasteiger partial charge in [-0.05, 0) is 31.7 Å². The SMILES string of the molecule is COc1ccccc1CN1C2CCC1c1cnc(N3CCCC3)nc1C2. The highest BCUT2D eigenvalue weighted by molar-refractivity contribution is 5.39. The highest BCUT2D eigenvalue weighted by Crippen LogP contribution is 2.44. The van der Waals surface area contributed by atoms with Crippen molar-refractivity contribution in [2.45, 2.75) is 50.7 Å². The Balaban J connectivity index is 1.42. The summed E-state index contributed by atoms with van der Waals surface area (Å²) >= 11 is 0. The van der Waals surface area contributed by atoms with Crippen LogP contribution in [0.5, 0.6) is 5.75 Å².